The minimum Gasteiger partial charge on any atom is -0.383 e. The Morgan fingerprint density at radius 3 is 3.23 bits per heavy atom. The highest BCUT2D eigenvalue weighted by Gasteiger charge is 2.17. The van der Waals surface area contributed by atoms with E-state index in [0.717, 1.165) is 5.03 Å². The number of hydrogen-bond donors (Lipinski definition) is 2. The first kappa shape index (κ1) is 8.18. The molecule has 0 saturated carbocycles. The highest BCUT2D eigenvalue weighted by atomic mass is 32.2. The molecule has 0 saturated heterocycles. The number of allylic oxidation sites excluding steroid dienone is 1. The second kappa shape index (κ2) is 2.81. The Labute approximate surface area is 78.6 Å². The van der Waals surface area contributed by atoms with Crippen molar-refractivity contribution in [3.8, 4) is 0 Å². The average Bonchev–Trinajstić information content (AvgIpc) is 2.47. The van der Waals surface area contributed by atoms with E-state index >= 15 is 0 Å². The molecule has 2 heterocycles. The van der Waals surface area contributed by atoms with E-state index in [9.17, 15) is 4.79 Å². The van der Waals surface area contributed by atoms with Crippen LogP contribution in [-0.2, 0) is 0 Å². The Kier molecular flexibility index (Phi) is 1.77. The van der Waals surface area contributed by atoms with Crippen molar-refractivity contribution >= 4 is 17.6 Å². The number of nitrogens with zero attached hydrogens (tertiary/aromatic N) is 2. The molecule has 0 spiro atoms. The van der Waals surface area contributed by atoms with Crippen molar-refractivity contribution in [1.29, 1.82) is 0 Å². The second-order valence-corrected chi connectivity index (χ2v) is 3.51. The zero-order valence-corrected chi connectivity index (χ0v) is 7.76. The van der Waals surface area contributed by atoms with E-state index in [0.29, 0.717) is 11.0 Å². The van der Waals surface area contributed by atoms with Crippen LogP contribution in [-0.4, -0.2) is 9.66 Å². The Morgan fingerprint density at radius 2 is 2.54 bits per heavy atom. The van der Waals surface area contributed by atoms with Crippen molar-refractivity contribution in [3.63, 3.8) is 0 Å². The lowest BCUT2D eigenvalue weighted by atomic mass is 10.6. The van der Waals surface area contributed by atoms with Crippen molar-refractivity contribution < 1.29 is 0 Å². The molecule has 0 radical (unpaired) electrons. The van der Waals surface area contributed by atoms with Gasteiger partial charge in [0.15, 0.2) is 5.16 Å². The van der Waals surface area contributed by atoms with Crippen molar-refractivity contribution in [2.75, 3.05) is 11.2 Å². The molecular weight excluding hydrogens is 188 g/mol. The van der Waals surface area contributed by atoms with Crippen LogP contribution in [0.4, 0.5) is 5.82 Å². The minimum absolute atomic E-state index is 0.310. The number of nitrogen functional groups attached to an aromatic ring is 1. The van der Waals surface area contributed by atoms with E-state index in [1.807, 2.05) is 13.0 Å². The largest absolute Gasteiger partial charge is 0.383 e. The summed E-state index contributed by atoms with van der Waals surface area (Å²) < 4.78 is 1.58. The van der Waals surface area contributed by atoms with Crippen LogP contribution in [0.3, 0.4) is 0 Å². The number of rotatable bonds is 0. The molecule has 1 aromatic rings. The van der Waals surface area contributed by atoms with E-state index in [1.54, 1.807) is 4.68 Å². The highest BCUT2D eigenvalue weighted by Crippen LogP contribution is 2.29. The fourth-order valence-electron chi connectivity index (χ4n) is 1.01. The summed E-state index contributed by atoms with van der Waals surface area (Å²) in [7, 11) is 0. The molecule has 0 amide bonds. The van der Waals surface area contributed by atoms with Gasteiger partial charge in [0.25, 0.3) is 5.56 Å². The lowest BCUT2D eigenvalue weighted by Crippen LogP contribution is -2.18. The van der Waals surface area contributed by atoms with Gasteiger partial charge in [0, 0.05) is 6.07 Å². The Hall–Kier alpha value is -1.43. The van der Waals surface area contributed by atoms with Crippen molar-refractivity contribution in [3.05, 3.63) is 27.5 Å². The third-order valence-electron chi connectivity index (χ3n) is 1.61. The van der Waals surface area contributed by atoms with Gasteiger partial charge < -0.3 is 5.73 Å². The van der Waals surface area contributed by atoms with Gasteiger partial charge >= 0.3 is 0 Å². The highest BCUT2D eigenvalue weighted by molar-refractivity contribution is 8.03. The lowest BCUT2D eigenvalue weighted by molar-refractivity contribution is 0.783. The first-order chi connectivity index (χ1) is 6.20. The fourth-order valence-corrected chi connectivity index (χ4v) is 1.84. The number of aromatic nitrogens is 2. The van der Waals surface area contributed by atoms with Gasteiger partial charge in [-0.05, 0) is 18.7 Å². The molecule has 1 aromatic heterocycles. The summed E-state index contributed by atoms with van der Waals surface area (Å²) in [6.07, 6.45) is 1.89. The molecule has 2 rings (SSSR count). The van der Waals surface area contributed by atoms with Crippen LogP contribution in [0.1, 0.15) is 6.92 Å². The molecule has 68 valence electrons. The molecule has 6 heteroatoms. The van der Waals surface area contributed by atoms with Crippen LogP contribution in [0, 0.1) is 0 Å². The van der Waals surface area contributed by atoms with Crippen LogP contribution in [0.5, 0.6) is 0 Å². The summed E-state index contributed by atoms with van der Waals surface area (Å²) in [6, 6.07) is 1.29. The predicted octanol–water partition coefficient (Wildman–Crippen LogP) is 0.336. The smallest absolute Gasteiger partial charge is 0.275 e. The Bertz CT molecular complexity index is 437. The van der Waals surface area contributed by atoms with Crippen molar-refractivity contribution in [2.24, 2.45) is 0 Å². The Balaban J connectivity index is 2.58. The van der Waals surface area contributed by atoms with Gasteiger partial charge in [-0.1, -0.05) is 6.08 Å². The molecular formula is C7H8N4OS. The van der Waals surface area contributed by atoms with E-state index in [2.05, 4.69) is 10.4 Å². The lowest BCUT2D eigenvalue weighted by Gasteiger charge is -2.04. The van der Waals surface area contributed by atoms with Crippen LogP contribution in [0.15, 0.2) is 27.1 Å². The molecule has 1 aliphatic heterocycles. The summed E-state index contributed by atoms with van der Waals surface area (Å²) >= 11 is 1.39. The molecule has 0 bridgehead atoms. The minimum atomic E-state index is -0.310. The average molecular weight is 196 g/mol. The zero-order valence-electron chi connectivity index (χ0n) is 6.94. The molecule has 3 N–H and O–H groups in total. The summed E-state index contributed by atoms with van der Waals surface area (Å²) in [4.78, 5) is 14.8. The van der Waals surface area contributed by atoms with E-state index in [1.165, 1.54) is 17.8 Å². The molecule has 13 heavy (non-hydrogen) atoms. The van der Waals surface area contributed by atoms with Gasteiger partial charge in [-0.25, -0.2) is 4.68 Å². The van der Waals surface area contributed by atoms with Crippen LogP contribution in [0.2, 0.25) is 0 Å². The summed E-state index contributed by atoms with van der Waals surface area (Å²) in [5, 5.41) is 1.50. The molecule has 1 aliphatic rings. The standard InChI is InChI=1S/C7H8N4OS/c1-2-6-10-11-4(8)3-5(12)9-7(11)13-6/h2-3,10H,8H2,1H3/b6-2-. The normalized spacial score (nSPS) is 17.2. The van der Waals surface area contributed by atoms with Gasteiger partial charge in [-0.3, -0.25) is 10.2 Å². The molecule has 0 aliphatic carbocycles. The van der Waals surface area contributed by atoms with Crippen LogP contribution in [0.25, 0.3) is 0 Å². The number of anilines is 1. The van der Waals surface area contributed by atoms with Crippen molar-refractivity contribution in [1.82, 2.24) is 9.66 Å². The maximum Gasteiger partial charge on any atom is 0.275 e. The molecule has 0 aromatic carbocycles. The van der Waals surface area contributed by atoms with Crippen LogP contribution >= 0.6 is 11.8 Å². The number of nitrogens with one attached hydrogen (secondary N) is 1. The predicted molar refractivity (Wildman–Crippen MR) is 51.9 cm³/mol. The first-order valence-corrected chi connectivity index (χ1v) is 4.53. The molecule has 5 nitrogen and oxygen atoms in total. The summed E-state index contributed by atoms with van der Waals surface area (Å²) in [5.74, 6) is 0.374. The van der Waals surface area contributed by atoms with Gasteiger partial charge in [-0.2, -0.15) is 4.98 Å². The van der Waals surface area contributed by atoms with Gasteiger partial charge in [0.05, 0.1) is 5.03 Å². The SMILES string of the molecule is C/C=C1/Nn2c(N)cc(=O)nc2S1. The zero-order chi connectivity index (χ0) is 9.42. The third kappa shape index (κ3) is 1.29. The van der Waals surface area contributed by atoms with E-state index < -0.39 is 0 Å². The van der Waals surface area contributed by atoms with E-state index in [4.69, 9.17) is 5.73 Å². The number of thioether (sulfide) groups is 1. The van der Waals surface area contributed by atoms with Gasteiger partial charge in [-0.15, -0.1) is 0 Å². The first-order valence-electron chi connectivity index (χ1n) is 3.71. The number of fused-ring (bicyclic) bond motifs is 1. The molecule has 0 fully saturated rings. The maximum atomic E-state index is 11.0. The molecule has 0 atom stereocenters. The number of nitrogens with two attached hydrogens (primary N) is 1. The topological polar surface area (TPSA) is 72.9 Å². The summed E-state index contributed by atoms with van der Waals surface area (Å²) in [6.45, 7) is 1.90. The fraction of sp³-hybridized carbons (Fsp3) is 0.143. The maximum absolute atomic E-state index is 11.0. The van der Waals surface area contributed by atoms with Gasteiger partial charge in [0.1, 0.15) is 5.82 Å². The Morgan fingerprint density at radius 1 is 1.77 bits per heavy atom. The third-order valence-corrected chi connectivity index (χ3v) is 2.62. The second-order valence-electron chi connectivity index (χ2n) is 2.50. The monoisotopic (exact) mass is 196 g/mol. The van der Waals surface area contributed by atoms with Crippen molar-refractivity contribution in [2.45, 2.75) is 12.1 Å². The summed E-state index contributed by atoms with van der Waals surface area (Å²) in [5.41, 5.74) is 8.29. The quantitative estimate of drug-likeness (QED) is 0.585. The van der Waals surface area contributed by atoms with Gasteiger partial charge in [0.2, 0.25) is 0 Å². The molecule has 0 unspecified atom stereocenters. The van der Waals surface area contributed by atoms with Crippen LogP contribution < -0.4 is 16.7 Å². The number of hydrogen-bond acceptors (Lipinski definition) is 5. The van der Waals surface area contributed by atoms with E-state index in [-0.39, 0.29) is 5.56 Å².